The molecule has 0 radical (unpaired) electrons. The summed E-state index contributed by atoms with van der Waals surface area (Å²) in [7, 11) is 1.72. The number of carbonyl (C=O) groups excluding carboxylic acids is 1. The molecule has 3 aromatic heterocycles. The van der Waals surface area contributed by atoms with Crippen LogP contribution >= 0.6 is 11.6 Å². The van der Waals surface area contributed by atoms with Crippen molar-refractivity contribution in [2.45, 2.75) is 25.5 Å². The molecule has 1 aliphatic rings. The quantitative estimate of drug-likeness (QED) is 0.423. The first-order valence-corrected chi connectivity index (χ1v) is 10.7. The van der Waals surface area contributed by atoms with E-state index < -0.39 is 0 Å². The summed E-state index contributed by atoms with van der Waals surface area (Å²) in [4.78, 5) is 19.7. The Kier molecular flexibility index (Phi) is 5.10. The molecule has 4 aromatic rings. The lowest BCUT2D eigenvalue weighted by molar-refractivity contribution is 0.0942. The number of anilines is 2. The molecule has 1 amide bonds. The summed E-state index contributed by atoms with van der Waals surface area (Å²) in [6.45, 7) is 3.46. The Balaban J connectivity index is 1.53. The molecule has 0 saturated carbocycles. The van der Waals surface area contributed by atoms with Crippen molar-refractivity contribution < 1.29 is 9.53 Å². The summed E-state index contributed by atoms with van der Waals surface area (Å²) in [5.74, 6) is -0.235. The number of halogens is 1. The van der Waals surface area contributed by atoms with Gasteiger partial charge in [0.25, 0.3) is 5.91 Å². The van der Waals surface area contributed by atoms with Crippen LogP contribution in [-0.4, -0.2) is 57.0 Å². The van der Waals surface area contributed by atoms with Crippen LogP contribution in [0.4, 0.5) is 11.5 Å². The van der Waals surface area contributed by atoms with Gasteiger partial charge in [0.2, 0.25) is 0 Å². The molecule has 166 valence electrons. The molecule has 1 saturated heterocycles. The molecule has 0 spiro atoms. The minimum absolute atomic E-state index is 0.122. The molecule has 10 nitrogen and oxygen atoms in total. The van der Waals surface area contributed by atoms with Crippen molar-refractivity contribution in [1.82, 2.24) is 30.1 Å². The zero-order valence-corrected chi connectivity index (χ0v) is 18.4. The van der Waals surface area contributed by atoms with Gasteiger partial charge >= 0.3 is 0 Å². The summed E-state index contributed by atoms with van der Waals surface area (Å²) >= 11 is 6.56. The highest BCUT2D eigenvalue weighted by Crippen LogP contribution is 2.39. The lowest BCUT2D eigenvalue weighted by Crippen LogP contribution is -2.30. The van der Waals surface area contributed by atoms with Gasteiger partial charge in [0.1, 0.15) is 11.1 Å². The summed E-state index contributed by atoms with van der Waals surface area (Å²) in [5, 5.41) is 16.0. The fraction of sp³-hybridized carbons (Fsp3) is 0.333. The van der Waals surface area contributed by atoms with Crippen LogP contribution in [0.5, 0.6) is 0 Å². The van der Waals surface area contributed by atoms with Crippen LogP contribution in [0.2, 0.25) is 5.02 Å². The van der Waals surface area contributed by atoms with Crippen molar-refractivity contribution in [3.05, 3.63) is 46.9 Å². The van der Waals surface area contributed by atoms with Crippen LogP contribution in [0, 0.1) is 0 Å². The van der Waals surface area contributed by atoms with Crippen molar-refractivity contribution in [1.29, 1.82) is 0 Å². The Morgan fingerprint density at radius 3 is 3.09 bits per heavy atom. The third-order valence-corrected chi connectivity index (χ3v) is 6.25. The minimum Gasteiger partial charge on any atom is -0.381 e. The number of hydrogen-bond acceptors (Lipinski definition) is 7. The number of carbonyl (C=O) groups is 1. The van der Waals surface area contributed by atoms with Crippen molar-refractivity contribution in [2.24, 2.45) is 0 Å². The van der Waals surface area contributed by atoms with Crippen molar-refractivity contribution >= 4 is 45.6 Å². The van der Waals surface area contributed by atoms with Crippen LogP contribution < -0.4 is 16.0 Å². The molecule has 1 fully saturated rings. The van der Waals surface area contributed by atoms with E-state index in [4.69, 9.17) is 22.1 Å². The first-order chi connectivity index (χ1) is 15.5. The summed E-state index contributed by atoms with van der Waals surface area (Å²) in [6, 6.07) is 3.23. The molecular weight excluding hydrogens is 432 g/mol. The largest absolute Gasteiger partial charge is 0.381 e. The average molecular weight is 455 g/mol. The molecule has 4 N–H and O–H groups in total. The number of benzene rings is 1. The highest BCUT2D eigenvalue weighted by Gasteiger charge is 2.30. The van der Waals surface area contributed by atoms with E-state index in [1.54, 1.807) is 31.8 Å². The highest BCUT2D eigenvalue weighted by atomic mass is 35.5. The second-order valence-corrected chi connectivity index (χ2v) is 8.29. The normalized spacial score (nSPS) is 17.3. The zero-order valence-electron chi connectivity index (χ0n) is 17.7. The number of aromatic amines is 1. The first kappa shape index (κ1) is 20.5. The number of nitrogens with zero attached hydrogens (tertiary/aromatic N) is 5. The first-order valence-electron chi connectivity index (χ1n) is 10.3. The maximum Gasteiger partial charge on any atom is 0.259 e. The molecular formula is C21H23ClN8O2. The smallest absolute Gasteiger partial charge is 0.259 e. The number of hydrogen-bond donors (Lipinski definition) is 3. The molecule has 0 aliphatic carbocycles. The topological polar surface area (TPSA) is 126 Å². The van der Waals surface area contributed by atoms with Gasteiger partial charge in [-0.25, -0.2) is 9.50 Å². The van der Waals surface area contributed by atoms with E-state index in [0.717, 1.165) is 41.7 Å². The maximum atomic E-state index is 13.2. The Hall–Kier alpha value is -3.37. The number of nitrogens with two attached hydrogens (primary N) is 1. The van der Waals surface area contributed by atoms with Crippen LogP contribution in [0.25, 0.3) is 16.6 Å². The monoisotopic (exact) mass is 454 g/mol. The number of nitrogen functional groups attached to an aromatic ring is 1. The minimum atomic E-state index is -0.379. The molecule has 0 bridgehead atoms. The molecule has 11 heteroatoms. The van der Waals surface area contributed by atoms with Gasteiger partial charge in [-0.2, -0.15) is 5.10 Å². The summed E-state index contributed by atoms with van der Waals surface area (Å²) in [6.07, 6.45) is 6.13. The van der Waals surface area contributed by atoms with Crippen LogP contribution in [0.1, 0.15) is 35.3 Å². The molecule has 1 aliphatic heterocycles. The van der Waals surface area contributed by atoms with Crippen LogP contribution in [0.3, 0.4) is 0 Å². The van der Waals surface area contributed by atoms with E-state index in [9.17, 15) is 4.79 Å². The SMILES string of the molecule is COC1CCN(c2c(C(C)NC(=O)c3c(N)nn4cccnc34)cc(Cl)c3c[nH]nc23)C1. The standard InChI is InChI=1S/C21H23ClN8O2/c1-11(26-21(31)16-19(23)28-30-6-3-5-24-20(16)30)13-8-15(22)14-9-25-27-17(14)18(13)29-7-4-12(10-29)32-2/h3,5-6,8-9,11-12H,4,7,10H2,1-2H3,(H2,23,28)(H,25,27)(H,26,31). The third-order valence-electron chi connectivity index (χ3n) is 5.94. The van der Waals surface area contributed by atoms with E-state index in [0.29, 0.717) is 10.7 Å². The van der Waals surface area contributed by atoms with Gasteiger partial charge in [0.05, 0.1) is 22.9 Å². The Bertz CT molecular complexity index is 1320. The Labute approximate surface area is 188 Å². The highest BCUT2D eigenvalue weighted by molar-refractivity contribution is 6.36. The lowest BCUT2D eigenvalue weighted by Gasteiger charge is -2.26. The zero-order chi connectivity index (χ0) is 22.4. The number of nitrogens with one attached hydrogen (secondary N) is 2. The number of fused-ring (bicyclic) bond motifs is 2. The van der Waals surface area contributed by atoms with Crippen LogP contribution in [0.15, 0.2) is 30.7 Å². The van der Waals surface area contributed by atoms with Gasteiger partial charge in [-0.1, -0.05) is 11.6 Å². The van der Waals surface area contributed by atoms with Crippen molar-refractivity contribution in [2.75, 3.05) is 30.8 Å². The number of aromatic nitrogens is 5. The van der Waals surface area contributed by atoms with E-state index in [1.807, 2.05) is 13.0 Å². The average Bonchev–Trinajstić information content (AvgIpc) is 3.51. The summed E-state index contributed by atoms with van der Waals surface area (Å²) < 4.78 is 7.04. The number of ether oxygens (including phenoxy) is 1. The van der Waals surface area contributed by atoms with Crippen LogP contribution in [-0.2, 0) is 4.74 Å². The Morgan fingerprint density at radius 2 is 2.31 bits per heavy atom. The fourth-order valence-electron chi connectivity index (χ4n) is 4.33. The number of H-pyrrole nitrogens is 1. The summed E-state index contributed by atoms with van der Waals surface area (Å²) in [5.41, 5.74) is 9.23. The second kappa shape index (κ2) is 7.95. The van der Waals surface area contributed by atoms with Gasteiger partial charge < -0.3 is 20.7 Å². The van der Waals surface area contributed by atoms with Gasteiger partial charge in [0.15, 0.2) is 11.5 Å². The Morgan fingerprint density at radius 1 is 1.47 bits per heavy atom. The maximum absolute atomic E-state index is 13.2. The van der Waals surface area contributed by atoms with E-state index in [2.05, 4.69) is 30.5 Å². The van der Waals surface area contributed by atoms with Gasteiger partial charge in [-0.05, 0) is 25.5 Å². The van der Waals surface area contributed by atoms with E-state index >= 15 is 0 Å². The molecule has 4 heterocycles. The fourth-order valence-corrected chi connectivity index (χ4v) is 4.59. The molecule has 5 rings (SSSR count). The lowest BCUT2D eigenvalue weighted by atomic mass is 10.0. The van der Waals surface area contributed by atoms with Gasteiger partial charge in [-0.3, -0.25) is 9.89 Å². The second-order valence-electron chi connectivity index (χ2n) is 7.88. The number of amides is 1. The van der Waals surface area contributed by atoms with Gasteiger partial charge in [0, 0.05) is 49.7 Å². The predicted octanol–water partition coefficient (Wildman–Crippen LogP) is 2.56. The van der Waals surface area contributed by atoms with Gasteiger partial charge in [-0.15, -0.1) is 5.10 Å². The van der Waals surface area contributed by atoms with E-state index in [-0.39, 0.29) is 29.4 Å². The van der Waals surface area contributed by atoms with Crippen molar-refractivity contribution in [3.63, 3.8) is 0 Å². The predicted molar refractivity (Wildman–Crippen MR) is 122 cm³/mol. The molecule has 2 atom stereocenters. The van der Waals surface area contributed by atoms with Crippen molar-refractivity contribution in [3.8, 4) is 0 Å². The number of rotatable bonds is 5. The number of methoxy groups -OCH3 is 1. The van der Waals surface area contributed by atoms with E-state index in [1.165, 1.54) is 4.52 Å². The molecule has 1 aromatic carbocycles. The molecule has 32 heavy (non-hydrogen) atoms. The third kappa shape index (κ3) is 3.32. The molecule has 2 unspecified atom stereocenters.